The lowest BCUT2D eigenvalue weighted by Crippen LogP contribution is -2.41. The van der Waals surface area contributed by atoms with Gasteiger partial charge in [-0.05, 0) is 39.7 Å². The van der Waals surface area contributed by atoms with Crippen LogP contribution >= 0.6 is 0 Å². The van der Waals surface area contributed by atoms with Gasteiger partial charge < -0.3 is 9.47 Å². The molecule has 1 aliphatic rings. The summed E-state index contributed by atoms with van der Waals surface area (Å²) in [7, 11) is -1.69. The SMILES string of the molecule is Cc1c(C(=O)N2CCC(n3cc(C(C)(C)NS(C)(=O)=O)nn3)CC2)c2ccccc2n(C)c1=O. The van der Waals surface area contributed by atoms with Gasteiger partial charge in [0.05, 0.1) is 35.1 Å². The molecule has 11 heteroatoms. The van der Waals surface area contributed by atoms with Crippen molar-refractivity contribution >= 4 is 26.8 Å². The first-order chi connectivity index (χ1) is 15.9. The van der Waals surface area contributed by atoms with E-state index in [1.165, 1.54) is 0 Å². The van der Waals surface area contributed by atoms with Crippen LogP contribution in [0, 0.1) is 6.92 Å². The Morgan fingerprint density at radius 1 is 1.18 bits per heavy atom. The number of rotatable bonds is 5. The molecule has 1 aromatic carbocycles. The standard InChI is InChI=1S/C23H30N6O4S/c1-15-20(17-8-6-7-9-18(17)27(4)21(15)30)22(31)28-12-10-16(11-13-28)29-14-19(24-26-29)23(2,3)25-34(5,32)33/h6-9,14,16,25H,10-13H2,1-5H3. The van der Waals surface area contributed by atoms with Gasteiger partial charge in [-0.1, -0.05) is 23.4 Å². The first-order valence-corrected chi connectivity index (χ1v) is 13.1. The van der Waals surface area contributed by atoms with E-state index in [4.69, 9.17) is 0 Å². The Hall–Kier alpha value is -3.05. The average Bonchev–Trinajstić information content (AvgIpc) is 3.28. The lowest BCUT2D eigenvalue weighted by Gasteiger charge is -2.32. The Kier molecular flexibility index (Phi) is 6.11. The molecule has 0 bridgehead atoms. The molecule has 0 aliphatic carbocycles. The molecule has 34 heavy (non-hydrogen) atoms. The molecular formula is C23H30N6O4S. The van der Waals surface area contributed by atoms with Gasteiger partial charge in [0.25, 0.3) is 11.5 Å². The Morgan fingerprint density at radius 2 is 1.82 bits per heavy atom. The number of sulfonamides is 1. The van der Waals surface area contributed by atoms with Crippen LogP contribution in [0.25, 0.3) is 10.9 Å². The second-order valence-electron chi connectivity index (χ2n) is 9.49. The highest BCUT2D eigenvalue weighted by Gasteiger charge is 2.31. The Balaban J connectivity index is 1.52. The van der Waals surface area contributed by atoms with Gasteiger partial charge in [0.15, 0.2) is 0 Å². The number of likely N-dealkylation sites (tertiary alicyclic amines) is 1. The number of nitrogens with one attached hydrogen (secondary N) is 1. The molecule has 0 atom stereocenters. The van der Waals surface area contributed by atoms with Crippen molar-refractivity contribution in [3.63, 3.8) is 0 Å². The number of hydrogen-bond acceptors (Lipinski definition) is 6. The predicted octanol–water partition coefficient (Wildman–Crippen LogP) is 1.70. The molecular weight excluding hydrogens is 456 g/mol. The summed E-state index contributed by atoms with van der Waals surface area (Å²) in [5.74, 6) is -0.136. The first kappa shape index (κ1) is 24.1. The third kappa shape index (κ3) is 4.49. The molecule has 0 saturated carbocycles. The van der Waals surface area contributed by atoms with Crippen LogP contribution in [0.3, 0.4) is 0 Å². The Bertz CT molecular complexity index is 1410. The summed E-state index contributed by atoms with van der Waals surface area (Å²) in [6, 6.07) is 7.50. The first-order valence-electron chi connectivity index (χ1n) is 11.2. The molecule has 4 rings (SSSR count). The third-order valence-electron chi connectivity index (χ3n) is 6.47. The van der Waals surface area contributed by atoms with Gasteiger partial charge in [0.2, 0.25) is 10.0 Å². The van der Waals surface area contributed by atoms with Crippen molar-refractivity contribution in [1.29, 1.82) is 0 Å². The zero-order chi connectivity index (χ0) is 24.8. The molecule has 182 valence electrons. The predicted molar refractivity (Wildman–Crippen MR) is 129 cm³/mol. The van der Waals surface area contributed by atoms with Gasteiger partial charge in [-0.15, -0.1) is 5.10 Å². The quantitative estimate of drug-likeness (QED) is 0.586. The monoisotopic (exact) mass is 486 g/mol. The van der Waals surface area contributed by atoms with Gasteiger partial charge in [0, 0.05) is 31.1 Å². The van der Waals surface area contributed by atoms with Crippen LogP contribution in [0.2, 0.25) is 0 Å². The number of carbonyl (C=O) groups excluding carboxylic acids is 1. The summed E-state index contributed by atoms with van der Waals surface area (Å²) in [5.41, 5.74) is 1.12. The van der Waals surface area contributed by atoms with Crippen LogP contribution in [0.15, 0.2) is 35.3 Å². The number of benzene rings is 1. The molecule has 0 spiro atoms. The molecule has 3 aromatic rings. The van der Waals surface area contributed by atoms with Crippen LogP contribution < -0.4 is 10.3 Å². The normalized spacial score (nSPS) is 15.7. The van der Waals surface area contributed by atoms with Crippen LogP contribution in [-0.2, 0) is 22.6 Å². The summed E-state index contributed by atoms with van der Waals surface area (Å²) in [5, 5.41) is 9.18. The summed E-state index contributed by atoms with van der Waals surface area (Å²) in [6.07, 6.45) is 4.23. The number of hydrogen-bond donors (Lipinski definition) is 1. The molecule has 10 nitrogen and oxygen atoms in total. The van der Waals surface area contributed by atoms with Crippen LogP contribution in [0.5, 0.6) is 0 Å². The van der Waals surface area contributed by atoms with Crippen molar-refractivity contribution in [3.05, 3.63) is 57.6 Å². The van der Waals surface area contributed by atoms with E-state index in [2.05, 4.69) is 15.0 Å². The van der Waals surface area contributed by atoms with Crippen molar-refractivity contribution < 1.29 is 13.2 Å². The molecule has 1 saturated heterocycles. The Labute approximate surface area is 198 Å². The van der Waals surface area contributed by atoms with E-state index < -0.39 is 15.6 Å². The minimum absolute atomic E-state index is 0.0424. The van der Waals surface area contributed by atoms with Gasteiger partial charge in [-0.25, -0.2) is 17.8 Å². The number of nitrogens with zero attached hydrogens (tertiary/aromatic N) is 5. The fraction of sp³-hybridized carbons (Fsp3) is 0.478. The fourth-order valence-corrected chi connectivity index (χ4v) is 5.70. The molecule has 3 heterocycles. The molecule has 2 aromatic heterocycles. The number of aryl methyl sites for hydroxylation is 1. The third-order valence-corrected chi connectivity index (χ3v) is 7.35. The van der Waals surface area contributed by atoms with E-state index >= 15 is 0 Å². The zero-order valence-electron chi connectivity index (χ0n) is 20.1. The van der Waals surface area contributed by atoms with E-state index in [0.29, 0.717) is 42.8 Å². The number of piperidine rings is 1. The zero-order valence-corrected chi connectivity index (χ0v) is 20.9. The number of amides is 1. The van der Waals surface area contributed by atoms with Crippen molar-refractivity contribution in [1.82, 2.24) is 29.2 Å². The van der Waals surface area contributed by atoms with Gasteiger partial charge in [0.1, 0.15) is 5.69 Å². The lowest BCUT2D eigenvalue weighted by atomic mass is 9.99. The minimum atomic E-state index is -3.41. The van der Waals surface area contributed by atoms with Gasteiger partial charge in [-0.3, -0.25) is 9.59 Å². The molecule has 1 N–H and O–H groups in total. The van der Waals surface area contributed by atoms with Gasteiger partial charge >= 0.3 is 0 Å². The smallest absolute Gasteiger partial charge is 0.255 e. The van der Waals surface area contributed by atoms with Crippen molar-refractivity contribution in [2.75, 3.05) is 19.3 Å². The summed E-state index contributed by atoms with van der Waals surface area (Å²) >= 11 is 0. The number of carbonyl (C=O) groups is 1. The second-order valence-corrected chi connectivity index (χ2v) is 11.2. The van der Waals surface area contributed by atoms with Crippen LogP contribution in [-0.4, -0.2) is 58.1 Å². The highest BCUT2D eigenvalue weighted by molar-refractivity contribution is 7.88. The van der Waals surface area contributed by atoms with E-state index in [1.54, 1.807) is 48.2 Å². The van der Waals surface area contributed by atoms with Crippen molar-refractivity contribution in [2.24, 2.45) is 7.05 Å². The second kappa shape index (κ2) is 8.62. The average molecular weight is 487 g/mol. The van der Waals surface area contributed by atoms with Crippen LogP contribution in [0.1, 0.15) is 54.3 Å². The maximum atomic E-state index is 13.5. The molecule has 0 radical (unpaired) electrons. The van der Waals surface area contributed by atoms with E-state index in [1.807, 2.05) is 24.3 Å². The molecule has 1 amide bonds. The largest absolute Gasteiger partial charge is 0.338 e. The van der Waals surface area contributed by atoms with Crippen molar-refractivity contribution in [3.8, 4) is 0 Å². The molecule has 1 fully saturated rings. The van der Waals surface area contributed by atoms with Gasteiger partial charge in [-0.2, -0.15) is 0 Å². The fourth-order valence-electron chi connectivity index (χ4n) is 4.67. The van der Waals surface area contributed by atoms with E-state index in [-0.39, 0.29) is 17.5 Å². The Morgan fingerprint density at radius 3 is 2.47 bits per heavy atom. The number of pyridine rings is 1. The highest BCUT2D eigenvalue weighted by Crippen LogP contribution is 2.27. The van der Waals surface area contributed by atoms with E-state index in [0.717, 1.165) is 17.2 Å². The maximum absolute atomic E-state index is 13.5. The summed E-state index contributed by atoms with van der Waals surface area (Å²) in [6.45, 7) is 6.22. The topological polar surface area (TPSA) is 119 Å². The van der Waals surface area contributed by atoms with Crippen LogP contribution in [0.4, 0.5) is 0 Å². The summed E-state index contributed by atoms with van der Waals surface area (Å²) < 4.78 is 29.2. The number of aromatic nitrogens is 4. The highest BCUT2D eigenvalue weighted by atomic mass is 32.2. The van der Waals surface area contributed by atoms with Crippen molar-refractivity contribution in [2.45, 2.75) is 45.2 Å². The lowest BCUT2D eigenvalue weighted by molar-refractivity contribution is 0.0690. The number of fused-ring (bicyclic) bond motifs is 1. The molecule has 1 aliphatic heterocycles. The summed E-state index contributed by atoms with van der Waals surface area (Å²) in [4.78, 5) is 28.0. The number of para-hydroxylation sites is 1. The van der Waals surface area contributed by atoms with E-state index in [9.17, 15) is 18.0 Å². The molecule has 0 unspecified atom stereocenters. The minimum Gasteiger partial charge on any atom is -0.338 e. The maximum Gasteiger partial charge on any atom is 0.255 e.